The van der Waals surface area contributed by atoms with Gasteiger partial charge in [0.25, 0.3) is 5.91 Å². The van der Waals surface area contributed by atoms with Crippen molar-refractivity contribution in [1.82, 2.24) is 9.78 Å². The number of nitrogen functional groups attached to an aromatic ring is 1. The van der Waals surface area contributed by atoms with E-state index in [2.05, 4.69) is 10.4 Å². The smallest absolute Gasteiger partial charge is 0.384 e. The van der Waals surface area contributed by atoms with Crippen molar-refractivity contribution >= 4 is 17.4 Å². The monoisotopic (exact) mass is 481 g/mol. The van der Waals surface area contributed by atoms with E-state index in [9.17, 15) is 22.4 Å². The van der Waals surface area contributed by atoms with Crippen LogP contribution in [0.2, 0.25) is 0 Å². The van der Waals surface area contributed by atoms with Crippen molar-refractivity contribution in [3.63, 3.8) is 0 Å². The summed E-state index contributed by atoms with van der Waals surface area (Å²) >= 11 is 0. The Morgan fingerprint density at radius 1 is 1.03 bits per heavy atom. The quantitative estimate of drug-likeness (QED) is 0.198. The maximum absolute atomic E-state index is 14.9. The van der Waals surface area contributed by atoms with Crippen LogP contribution in [-0.2, 0) is 6.18 Å². The summed E-state index contributed by atoms with van der Waals surface area (Å²) in [6, 6.07) is 16.4. The number of anilines is 1. The van der Waals surface area contributed by atoms with Gasteiger partial charge in [-0.1, -0.05) is 36.4 Å². The summed E-state index contributed by atoms with van der Waals surface area (Å²) in [4.78, 5) is 13.0. The highest BCUT2D eigenvalue weighted by molar-refractivity contribution is 6.04. The van der Waals surface area contributed by atoms with Gasteiger partial charge in [-0.15, -0.1) is 0 Å². The highest BCUT2D eigenvalue weighted by Crippen LogP contribution is 2.37. The fraction of sp³-hybridized carbons (Fsp3) is 0.0800. The van der Waals surface area contributed by atoms with Crippen LogP contribution in [0, 0.1) is 18.2 Å². The van der Waals surface area contributed by atoms with Crippen LogP contribution in [0.3, 0.4) is 0 Å². The zero-order chi connectivity index (χ0) is 25.3. The van der Waals surface area contributed by atoms with Crippen molar-refractivity contribution in [3.8, 4) is 16.8 Å². The van der Waals surface area contributed by atoms with E-state index in [1.807, 2.05) is 0 Å². The molecule has 35 heavy (non-hydrogen) atoms. The van der Waals surface area contributed by atoms with Crippen LogP contribution in [0.25, 0.3) is 16.8 Å². The first-order valence-electron chi connectivity index (χ1n) is 10.3. The molecule has 0 atom stereocenters. The molecule has 178 valence electrons. The molecule has 0 aliphatic rings. The summed E-state index contributed by atoms with van der Waals surface area (Å²) in [6.45, 7) is 1.68. The highest BCUT2D eigenvalue weighted by atomic mass is 19.4. The molecule has 0 aliphatic carbocycles. The molecule has 0 bridgehead atoms. The third kappa shape index (κ3) is 4.91. The lowest BCUT2D eigenvalue weighted by Crippen LogP contribution is -2.18. The molecule has 4 aromatic rings. The molecule has 0 aliphatic heterocycles. The lowest BCUT2D eigenvalue weighted by molar-refractivity contribution is -0.137. The van der Waals surface area contributed by atoms with Gasteiger partial charge in [0.05, 0.1) is 22.6 Å². The Hall–Kier alpha value is -4.47. The van der Waals surface area contributed by atoms with Crippen LogP contribution in [-0.4, -0.2) is 21.5 Å². The van der Waals surface area contributed by atoms with Crippen LogP contribution < -0.4 is 11.1 Å². The zero-order valence-electron chi connectivity index (χ0n) is 18.3. The number of nitrogens with two attached hydrogens (primary N) is 1. The topological polar surface area (TPSA) is 96.8 Å². The van der Waals surface area contributed by atoms with Gasteiger partial charge in [-0.2, -0.15) is 18.3 Å². The van der Waals surface area contributed by atoms with Gasteiger partial charge in [0.2, 0.25) is 0 Å². The fourth-order valence-electron chi connectivity index (χ4n) is 3.62. The molecule has 0 saturated carbocycles. The van der Waals surface area contributed by atoms with Crippen LogP contribution >= 0.6 is 0 Å². The van der Waals surface area contributed by atoms with Crippen LogP contribution in [0.4, 0.5) is 23.2 Å². The number of aryl methyl sites for hydroxylation is 1. The number of halogens is 4. The van der Waals surface area contributed by atoms with Gasteiger partial charge in [-0.3, -0.25) is 10.2 Å². The van der Waals surface area contributed by atoms with Crippen LogP contribution in [0.15, 0.2) is 72.8 Å². The number of benzene rings is 3. The van der Waals surface area contributed by atoms with Crippen molar-refractivity contribution in [2.45, 2.75) is 13.1 Å². The molecule has 0 radical (unpaired) electrons. The number of aromatic nitrogens is 2. The standard InChI is InChI=1S/C25H19F4N5O/c1-14-11-22(34(33-14)17-6-4-5-16(12-17)23(30)31)24(35)32-21-10-9-15(13-20(21)26)18-7-2-3-8-19(18)25(27,28)29/h2-13H,1H3,(H3,30,31)(H,32,35). The first-order valence-corrected chi connectivity index (χ1v) is 10.3. The first-order chi connectivity index (χ1) is 16.5. The third-order valence-electron chi connectivity index (χ3n) is 5.23. The predicted octanol–water partition coefficient (Wildman–Crippen LogP) is 5.54. The van der Waals surface area contributed by atoms with E-state index in [1.165, 1.54) is 41.1 Å². The Morgan fingerprint density at radius 2 is 1.77 bits per heavy atom. The van der Waals surface area contributed by atoms with E-state index < -0.39 is 23.5 Å². The number of carbonyl (C=O) groups excluding carboxylic acids is 1. The van der Waals surface area contributed by atoms with Crippen molar-refractivity contribution in [1.29, 1.82) is 5.41 Å². The maximum atomic E-state index is 14.9. The molecule has 3 aromatic carbocycles. The lowest BCUT2D eigenvalue weighted by atomic mass is 9.99. The normalized spacial score (nSPS) is 11.3. The van der Waals surface area contributed by atoms with E-state index >= 15 is 0 Å². The number of nitrogens with zero attached hydrogens (tertiary/aromatic N) is 2. The van der Waals surface area contributed by atoms with Crippen LogP contribution in [0.1, 0.15) is 27.3 Å². The zero-order valence-corrected chi connectivity index (χ0v) is 18.3. The minimum Gasteiger partial charge on any atom is -0.384 e. The molecule has 4 N–H and O–H groups in total. The van der Waals surface area contributed by atoms with Gasteiger partial charge in [0.15, 0.2) is 0 Å². The van der Waals surface area contributed by atoms with Gasteiger partial charge in [0.1, 0.15) is 17.3 Å². The summed E-state index contributed by atoms with van der Waals surface area (Å²) in [6.07, 6.45) is -4.60. The molecular formula is C25H19F4N5O. The Balaban J connectivity index is 1.65. The van der Waals surface area contributed by atoms with E-state index in [4.69, 9.17) is 11.1 Å². The second kappa shape index (κ2) is 9.05. The Labute approximate surface area is 197 Å². The second-order valence-electron chi connectivity index (χ2n) is 7.74. The molecule has 10 heteroatoms. The SMILES string of the molecule is Cc1cc(C(=O)Nc2ccc(-c3ccccc3C(F)(F)F)cc2F)n(-c2cccc(C(=N)N)c2)n1. The molecule has 0 saturated heterocycles. The van der Waals surface area contributed by atoms with E-state index in [0.717, 1.165) is 12.1 Å². The molecule has 1 heterocycles. The number of hydrogen-bond donors (Lipinski definition) is 3. The number of alkyl halides is 3. The number of rotatable bonds is 5. The molecule has 0 unspecified atom stereocenters. The second-order valence-corrected chi connectivity index (χ2v) is 7.74. The molecule has 0 fully saturated rings. The van der Waals surface area contributed by atoms with Gasteiger partial charge >= 0.3 is 6.18 Å². The van der Waals surface area contributed by atoms with E-state index in [1.54, 1.807) is 31.2 Å². The highest BCUT2D eigenvalue weighted by Gasteiger charge is 2.33. The molecule has 6 nitrogen and oxygen atoms in total. The first kappa shape index (κ1) is 23.7. The summed E-state index contributed by atoms with van der Waals surface area (Å²) in [5.74, 6) is -1.73. The molecule has 1 amide bonds. The average Bonchev–Trinajstić information content (AvgIpc) is 3.21. The summed E-state index contributed by atoms with van der Waals surface area (Å²) < 4.78 is 56.2. The molecule has 4 rings (SSSR count). The Morgan fingerprint density at radius 3 is 2.46 bits per heavy atom. The molecule has 0 spiro atoms. The lowest BCUT2D eigenvalue weighted by Gasteiger charge is -2.14. The van der Waals surface area contributed by atoms with Gasteiger partial charge < -0.3 is 11.1 Å². The minimum absolute atomic E-state index is 0.0235. The summed E-state index contributed by atoms with van der Waals surface area (Å²) in [7, 11) is 0. The number of amides is 1. The Kier molecular flexibility index (Phi) is 6.12. The third-order valence-corrected chi connectivity index (χ3v) is 5.23. The van der Waals surface area contributed by atoms with Gasteiger partial charge in [-0.05, 0) is 54.4 Å². The van der Waals surface area contributed by atoms with Gasteiger partial charge in [-0.25, -0.2) is 9.07 Å². The number of nitrogens with one attached hydrogen (secondary N) is 2. The van der Waals surface area contributed by atoms with E-state index in [0.29, 0.717) is 16.9 Å². The van der Waals surface area contributed by atoms with E-state index in [-0.39, 0.29) is 28.3 Å². The largest absolute Gasteiger partial charge is 0.417 e. The van der Waals surface area contributed by atoms with Crippen LogP contribution in [0.5, 0.6) is 0 Å². The summed E-state index contributed by atoms with van der Waals surface area (Å²) in [5, 5.41) is 14.3. The molecule has 1 aromatic heterocycles. The summed E-state index contributed by atoms with van der Waals surface area (Å²) in [5.41, 5.74) is 5.81. The predicted molar refractivity (Wildman–Crippen MR) is 124 cm³/mol. The van der Waals surface area contributed by atoms with Gasteiger partial charge in [0, 0.05) is 5.56 Å². The number of hydrogen-bond acceptors (Lipinski definition) is 3. The Bertz CT molecular complexity index is 1440. The number of amidine groups is 1. The number of carbonyl (C=O) groups is 1. The average molecular weight is 481 g/mol. The van der Waals surface area contributed by atoms with Crippen molar-refractivity contribution in [2.75, 3.05) is 5.32 Å². The maximum Gasteiger partial charge on any atom is 0.417 e. The fourth-order valence-corrected chi connectivity index (χ4v) is 3.62. The van der Waals surface area contributed by atoms with Crippen molar-refractivity contribution in [2.24, 2.45) is 5.73 Å². The van der Waals surface area contributed by atoms with Crippen molar-refractivity contribution < 1.29 is 22.4 Å². The molecular weight excluding hydrogens is 462 g/mol. The van der Waals surface area contributed by atoms with Crippen molar-refractivity contribution in [3.05, 3.63) is 101 Å². The minimum atomic E-state index is -4.60.